The second-order valence-electron chi connectivity index (χ2n) is 3.78. The molecule has 0 amide bonds. The first-order valence-electron chi connectivity index (χ1n) is 4.37. The van der Waals surface area contributed by atoms with Gasteiger partial charge in [-0.3, -0.25) is 0 Å². The van der Waals surface area contributed by atoms with Gasteiger partial charge in [-0.05, 0) is 0 Å². The lowest BCUT2D eigenvalue weighted by molar-refractivity contribution is 0.917. The van der Waals surface area contributed by atoms with E-state index in [1.807, 2.05) is 0 Å². The van der Waals surface area contributed by atoms with E-state index in [-0.39, 0.29) is 0 Å². The fourth-order valence-corrected chi connectivity index (χ4v) is 4.83. The highest BCUT2D eigenvalue weighted by atomic mass is 28.3. The van der Waals surface area contributed by atoms with Crippen LogP contribution in [-0.2, 0) is 0 Å². The molecule has 0 N–H and O–H groups in total. The summed E-state index contributed by atoms with van der Waals surface area (Å²) in [6, 6.07) is 14.1. The SMILES string of the molecule is C[Si]1(c2ccccc2)CCC1. The fraction of sp³-hybridized carbons (Fsp3) is 0.400. The zero-order valence-corrected chi connectivity index (χ0v) is 8.01. The summed E-state index contributed by atoms with van der Waals surface area (Å²) < 4.78 is 0. The molecule has 1 aromatic carbocycles. The van der Waals surface area contributed by atoms with Crippen molar-refractivity contribution in [3.63, 3.8) is 0 Å². The molecule has 1 saturated heterocycles. The normalized spacial score (nSPS) is 20.8. The Labute approximate surface area is 69.3 Å². The van der Waals surface area contributed by atoms with Crippen LogP contribution in [0, 0.1) is 0 Å². The van der Waals surface area contributed by atoms with Crippen LogP contribution in [-0.4, -0.2) is 8.07 Å². The van der Waals surface area contributed by atoms with Gasteiger partial charge < -0.3 is 0 Å². The summed E-state index contributed by atoms with van der Waals surface area (Å²) in [5, 5.41) is 1.66. The van der Waals surface area contributed by atoms with E-state index >= 15 is 0 Å². The predicted octanol–water partition coefficient (Wildman–Crippen LogP) is 2.38. The Bertz CT molecular complexity index is 236. The fourth-order valence-electron chi connectivity index (χ4n) is 1.84. The number of rotatable bonds is 1. The van der Waals surface area contributed by atoms with Gasteiger partial charge in [-0.2, -0.15) is 0 Å². The minimum absolute atomic E-state index is 0.873. The number of benzene rings is 1. The molecule has 1 aromatic rings. The van der Waals surface area contributed by atoms with Crippen molar-refractivity contribution in [2.45, 2.75) is 25.1 Å². The standard InChI is InChI=1S/C10H14Si/c1-11(8-5-9-11)10-6-3-2-4-7-10/h2-4,6-7H,5,8-9H2,1H3. The van der Waals surface area contributed by atoms with E-state index in [2.05, 4.69) is 36.9 Å². The summed E-state index contributed by atoms with van der Waals surface area (Å²) in [6.45, 7) is 2.51. The Morgan fingerprint density at radius 2 is 1.73 bits per heavy atom. The predicted molar refractivity (Wildman–Crippen MR) is 51.9 cm³/mol. The maximum atomic E-state index is 2.51. The van der Waals surface area contributed by atoms with Crippen molar-refractivity contribution in [1.82, 2.24) is 0 Å². The van der Waals surface area contributed by atoms with Gasteiger partial charge in [0.2, 0.25) is 0 Å². The zero-order valence-electron chi connectivity index (χ0n) is 7.01. The molecule has 1 aliphatic heterocycles. The Morgan fingerprint density at radius 1 is 1.09 bits per heavy atom. The molecule has 0 bridgehead atoms. The molecule has 0 radical (unpaired) electrons. The first kappa shape index (κ1) is 7.11. The molecule has 1 heterocycles. The van der Waals surface area contributed by atoms with E-state index < -0.39 is 8.07 Å². The highest BCUT2D eigenvalue weighted by molar-refractivity contribution is 6.92. The lowest BCUT2D eigenvalue weighted by Gasteiger charge is -2.36. The van der Waals surface area contributed by atoms with Gasteiger partial charge in [0, 0.05) is 0 Å². The van der Waals surface area contributed by atoms with E-state index in [1.54, 1.807) is 5.19 Å². The topological polar surface area (TPSA) is 0 Å². The molecule has 0 atom stereocenters. The number of hydrogen-bond donors (Lipinski definition) is 0. The van der Waals surface area contributed by atoms with Gasteiger partial charge in [-0.15, -0.1) is 0 Å². The number of hydrogen-bond acceptors (Lipinski definition) is 0. The second kappa shape index (κ2) is 2.49. The van der Waals surface area contributed by atoms with E-state index in [4.69, 9.17) is 0 Å². The van der Waals surface area contributed by atoms with Gasteiger partial charge >= 0.3 is 0 Å². The maximum absolute atomic E-state index is 2.51. The smallest absolute Gasteiger partial charge is 0.0652 e. The van der Waals surface area contributed by atoms with Crippen LogP contribution in [0.15, 0.2) is 30.3 Å². The molecular formula is C10H14Si. The van der Waals surface area contributed by atoms with E-state index in [9.17, 15) is 0 Å². The summed E-state index contributed by atoms with van der Waals surface area (Å²) >= 11 is 0. The summed E-state index contributed by atoms with van der Waals surface area (Å²) in [6.07, 6.45) is 1.47. The Hall–Kier alpha value is -0.563. The summed E-state index contributed by atoms with van der Waals surface area (Å²) in [5.41, 5.74) is 0. The van der Waals surface area contributed by atoms with Crippen molar-refractivity contribution in [2.75, 3.05) is 0 Å². The first-order valence-corrected chi connectivity index (χ1v) is 7.28. The monoisotopic (exact) mass is 162 g/mol. The van der Waals surface area contributed by atoms with E-state index in [1.165, 1.54) is 18.5 Å². The molecule has 2 rings (SSSR count). The average Bonchev–Trinajstić information content (AvgIpc) is 2.02. The molecule has 11 heavy (non-hydrogen) atoms. The van der Waals surface area contributed by atoms with Crippen molar-refractivity contribution < 1.29 is 0 Å². The molecular weight excluding hydrogens is 148 g/mol. The third-order valence-electron chi connectivity index (χ3n) is 2.93. The van der Waals surface area contributed by atoms with Crippen LogP contribution in [0.2, 0.25) is 18.6 Å². The van der Waals surface area contributed by atoms with Crippen molar-refractivity contribution >= 4 is 13.3 Å². The first-order chi connectivity index (χ1) is 5.31. The highest BCUT2D eigenvalue weighted by Crippen LogP contribution is 2.31. The molecule has 58 valence electrons. The molecule has 0 aliphatic carbocycles. The minimum atomic E-state index is -0.873. The van der Waals surface area contributed by atoms with Crippen LogP contribution in [0.1, 0.15) is 6.42 Å². The van der Waals surface area contributed by atoms with Gasteiger partial charge in [-0.1, -0.05) is 60.6 Å². The third-order valence-corrected chi connectivity index (χ3v) is 7.57. The van der Waals surface area contributed by atoms with Gasteiger partial charge in [0.05, 0.1) is 8.07 Å². The average molecular weight is 162 g/mol. The van der Waals surface area contributed by atoms with Crippen LogP contribution >= 0.6 is 0 Å². The van der Waals surface area contributed by atoms with Crippen LogP contribution in [0.5, 0.6) is 0 Å². The van der Waals surface area contributed by atoms with Crippen LogP contribution < -0.4 is 5.19 Å². The summed E-state index contributed by atoms with van der Waals surface area (Å²) in [5.74, 6) is 0. The van der Waals surface area contributed by atoms with Crippen molar-refractivity contribution in [3.8, 4) is 0 Å². The van der Waals surface area contributed by atoms with Gasteiger partial charge in [0.15, 0.2) is 0 Å². The lowest BCUT2D eigenvalue weighted by atomic mass is 10.4. The quantitative estimate of drug-likeness (QED) is 0.556. The third kappa shape index (κ3) is 1.14. The van der Waals surface area contributed by atoms with E-state index in [0.717, 1.165) is 0 Å². The Morgan fingerprint density at radius 3 is 2.18 bits per heavy atom. The van der Waals surface area contributed by atoms with Crippen LogP contribution in [0.3, 0.4) is 0 Å². The van der Waals surface area contributed by atoms with Gasteiger partial charge in [-0.25, -0.2) is 0 Å². The van der Waals surface area contributed by atoms with Crippen molar-refractivity contribution in [2.24, 2.45) is 0 Å². The lowest BCUT2D eigenvalue weighted by Crippen LogP contribution is -2.49. The van der Waals surface area contributed by atoms with Crippen molar-refractivity contribution in [1.29, 1.82) is 0 Å². The molecule has 0 saturated carbocycles. The van der Waals surface area contributed by atoms with E-state index in [0.29, 0.717) is 0 Å². The molecule has 1 heteroatoms. The molecule has 0 aromatic heterocycles. The molecule has 1 fully saturated rings. The summed E-state index contributed by atoms with van der Waals surface area (Å²) in [4.78, 5) is 0. The van der Waals surface area contributed by atoms with Gasteiger partial charge in [0.25, 0.3) is 0 Å². The molecule has 0 unspecified atom stereocenters. The van der Waals surface area contributed by atoms with Gasteiger partial charge in [0.1, 0.15) is 0 Å². The second-order valence-corrected chi connectivity index (χ2v) is 8.48. The van der Waals surface area contributed by atoms with Crippen LogP contribution in [0.4, 0.5) is 0 Å². The zero-order chi connectivity index (χ0) is 7.73. The Kier molecular flexibility index (Phi) is 1.61. The molecule has 1 aliphatic rings. The Balaban J connectivity index is 2.29. The highest BCUT2D eigenvalue weighted by Gasteiger charge is 2.35. The van der Waals surface area contributed by atoms with Crippen LogP contribution in [0.25, 0.3) is 0 Å². The largest absolute Gasteiger partial charge is 0.0836 e. The molecule has 0 nitrogen and oxygen atoms in total. The van der Waals surface area contributed by atoms with Crippen molar-refractivity contribution in [3.05, 3.63) is 30.3 Å². The maximum Gasteiger partial charge on any atom is 0.0836 e. The minimum Gasteiger partial charge on any atom is -0.0652 e. The summed E-state index contributed by atoms with van der Waals surface area (Å²) in [7, 11) is -0.873. The molecule has 0 spiro atoms.